The van der Waals surface area contributed by atoms with E-state index in [1.807, 2.05) is 41.1 Å². The standard InChI is InChI=1S/C26H28FN3O2/c1-25(2)13-18(14-26(3,4)32-25)22-16-30(19-11-10-17(15-28)21(27)12-19)24(29-22)20-8-6-7-9-23(20)31-5/h6-12,16,18H,13-14H2,1-5H3. The summed E-state index contributed by atoms with van der Waals surface area (Å²) in [6, 6.07) is 14.2. The Balaban J connectivity index is 1.88. The summed E-state index contributed by atoms with van der Waals surface area (Å²) in [5.74, 6) is 0.988. The molecule has 0 unspecified atom stereocenters. The molecule has 32 heavy (non-hydrogen) atoms. The second-order valence-electron chi connectivity index (χ2n) is 9.56. The number of hydrogen-bond donors (Lipinski definition) is 0. The Bertz CT molecular complexity index is 1170. The molecule has 1 aliphatic rings. The number of rotatable bonds is 4. The van der Waals surface area contributed by atoms with Crippen molar-refractivity contribution in [3.05, 3.63) is 65.7 Å². The van der Waals surface area contributed by atoms with Gasteiger partial charge in [0.15, 0.2) is 0 Å². The van der Waals surface area contributed by atoms with Crippen LogP contribution in [0.4, 0.5) is 4.39 Å². The van der Waals surface area contributed by atoms with Crippen molar-refractivity contribution in [1.82, 2.24) is 9.55 Å². The largest absolute Gasteiger partial charge is 0.496 e. The molecule has 0 aliphatic carbocycles. The number of hydrogen-bond acceptors (Lipinski definition) is 4. The SMILES string of the molecule is COc1ccccc1-c1nc(C2CC(C)(C)OC(C)(C)C2)cn1-c1ccc(C#N)c(F)c1. The van der Waals surface area contributed by atoms with E-state index in [1.165, 1.54) is 12.1 Å². The third kappa shape index (κ3) is 4.26. The lowest BCUT2D eigenvalue weighted by Gasteiger charge is -2.45. The third-order valence-electron chi connectivity index (χ3n) is 5.87. The number of nitrogens with zero attached hydrogens (tertiary/aromatic N) is 3. The first-order valence-corrected chi connectivity index (χ1v) is 10.8. The van der Waals surface area contributed by atoms with Crippen molar-refractivity contribution in [1.29, 1.82) is 5.26 Å². The van der Waals surface area contributed by atoms with E-state index >= 15 is 0 Å². The molecule has 1 aromatic heterocycles. The predicted molar refractivity (Wildman–Crippen MR) is 121 cm³/mol. The summed E-state index contributed by atoms with van der Waals surface area (Å²) < 4.78 is 28.2. The van der Waals surface area contributed by atoms with Crippen molar-refractivity contribution >= 4 is 0 Å². The number of para-hydroxylation sites is 1. The fraction of sp³-hybridized carbons (Fsp3) is 0.385. The van der Waals surface area contributed by atoms with Gasteiger partial charge < -0.3 is 9.47 Å². The first-order valence-electron chi connectivity index (χ1n) is 10.8. The van der Waals surface area contributed by atoms with Crippen molar-refractivity contribution in [3.8, 4) is 28.9 Å². The van der Waals surface area contributed by atoms with E-state index in [0.717, 1.165) is 24.1 Å². The highest BCUT2D eigenvalue weighted by Gasteiger charge is 2.41. The minimum Gasteiger partial charge on any atom is -0.496 e. The lowest BCUT2D eigenvalue weighted by Crippen LogP contribution is -2.44. The molecule has 0 atom stereocenters. The minimum atomic E-state index is -0.556. The maximum absolute atomic E-state index is 14.5. The van der Waals surface area contributed by atoms with Gasteiger partial charge in [-0.05, 0) is 70.9 Å². The summed E-state index contributed by atoms with van der Waals surface area (Å²) >= 11 is 0. The molecule has 0 spiro atoms. The molecule has 166 valence electrons. The van der Waals surface area contributed by atoms with Crippen LogP contribution in [0.5, 0.6) is 5.75 Å². The van der Waals surface area contributed by atoms with Crippen LogP contribution in [0.2, 0.25) is 0 Å². The van der Waals surface area contributed by atoms with Gasteiger partial charge in [0.2, 0.25) is 0 Å². The number of nitriles is 1. The lowest BCUT2D eigenvalue weighted by atomic mass is 9.79. The molecule has 4 rings (SSSR count). The number of aromatic nitrogens is 2. The van der Waals surface area contributed by atoms with Crippen LogP contribution in [0.25, 0.3) is 17.1 Å². The van der Waals surface area contributed by atoms with Crippen LogP contribution in [-0.4, -0.2) is 27.9 Å². The molecule has 3 aromatic rings. The Morgan fingerprint density at radius 2 is 1.81 bits per heavy atom. The summed E-state index contributed by atoms with van der Waals surface area (Å²) in [6.45, 7) is 8.42. The molecule has 0 N–H and O–H groups in total. The molecule has 2 aromatic carbocycles. The summed E-state index contributed by atoms with van der Waals surface area (Å²) in [4.78, 5) is 5.03. The third-order valence-corrected chi connectivity index (χ3v) is 5.87. The zero-order valence-corrected chi connectivity index (χ0v) is 19.1. The Labute approximate surface area is 188 Å². The van der Waals surface area contributed by atoms with E-state index in [9.17, 15) is 4.39 Å². The van der Waals surface area contributed by atoms with Gasteiger partial charge in [-0.25, -0.2) is 9.37 Å². The van der Waals surface area contributed by atoms with Crippen LogP contribution < -0.4 is 4.74 Å². The molecule has 2 heterocycles. The van der Waals surface area contributed by atoms with E-state index in [0.29, 0.717) is 17.3 Å². The van der Waals surface area contributed by atoms with Gasteiger partial charge in [-0.2, -0.15) is 5.26 Å². The van der Waals surface area contributed by atoms with Gasteiger partial charge in [-0.1, -0.05) is 12.1 Å². The Morgan fingerprint density at radius 3 is 2.44 bits per heavy atom. The maximum atomic E-state index is 14.5. The summed E-state index contributed by atoms with van der Waals surface area (Å²) in [5.41, 5.74) is 1.81. The first-order chi connectivity index (χ1) is 15.1. The normalized spacial score (nSPS) is 17.7. The van der Waals surface area contributed by atoms with Gasteiger partial charge in [-0.3, -0.25) is 4.57 Å². The van der Waals surface area contributed by atoms with Crippen molar-refractivity contribution in [2.24, 2.45) is 0 Å². The molecule has 0 radical (unpaired) electrons. The van der Waals surface area contributed by atoms with Crippen LogP contribution in [0.3, 0.4) is 0 Å². The Kier molecular flexibility index (Phi) is 5.56. The molecule has 1 saturated heterocycles. The lowest BCUT2D eigenvalue weighted by molar-refractivity contribution is -0.162. The van der Waals surface area contributed by atoms with Crippen molar-refractivity contribution in [2.75, 3.05) is 7.11 Å². The summed E-state index contributed by atoms with van der Waals surface area (Å²) in [7, 11) is 1.62. The summed E-state index contributed by atoms with van der Waals surface area (Å²) in [6.07, 6.45) is 3.64. The van der Waals surface area contributed by atoms with Gasteiger partial charge in [0.05, 0.1) is 40.8 Å². The van der Waals surface area contributed by atoms with Crippen LogP contribution in [0.15, 0.2) is 48.7 Å². The average Bonchev–Trinajstić information content (AvgIpc) is 3.17. The molecule has 1 aliphatic heterocycles. The fourth-order valence-corrected chi connectivity index (χ4v) is 4.86. The molecule has 0 bridgehead atoms. The smallest absolute Gasteiger partial charge is 0.148 e. The monoisotopic (exact) mass is 433 g/mol. The van der Waals surface area contributed by atoms with Crippen molar-refractivity contribution in [2.45, 2.75) is 57.7 Å². The fourth-order valence-electron chi connectivity index (χ4n) is 4.86. The van der Waals surface area contributed by atoms with Crippen LogP contribution >= 0.6 is 0 Å². The van der Waals surface area contributed by atoms with E-state index < -0.39 is 5.82 Å². The zero-order valence-electron chi connectivity index (χ0n) is 19.1. The van der Waals surface area contributed by atoms with E-state index in [4.69, 9.17) is 19.7 Å². The van der Waals surface area contributed by atoms with Gasteiger partial charge in [0.25, 0.3) is 0 Å². The van der Waals surface area contributed by atoms with Crippen LogP contribution in [-0.2, 0) is 4.74 Å². The van der Waals surface area contributed by atoms with E-state index in [1.54, 1.807) is 13.2 Å². The second kappa shape index (κ2) is 8.07. The molecule has 6 heteroatoms. The number of halogens is 1. The molecule has 0 saturated carbocycles. The number of methoxy groups -OCH3 is 1. The number of imidazole rings is 1. The highest BCUT2D eigenvalue weighted by Crippen LogP contribution is 2.44. The molecular weight excluding hydrogens is 405 g/mol. The topological polar surface area (TPSA) is 60.1 Å². The highest BCUT2D eigenvalue weighted by atomic mass is 19.1. The molecule has 1 fully saturated rings. The predicted octanol–water partition coefficient (Wildman–Crippen LogP) is 6.01. The zero-order chi connectivity index (χ0) is 23.1. The number of benzene rings is 2. The Morgan fingerprint density at radius 1 is 1.12 bits per heavy atom. The van der Waals surface area contributed by atoms with Gasteiger partial charge in [-0.15, -0.1) is 0 Å². The maximum Gasteiger partial charge on any atom is 0.148 e. The number of ether oxygens (including phenoxy) is 2. The minimum absolute atomic E-state index is 0.0147. The molecule has 0 amide bonds. The Hall–Kier alpha value is -3.17. The van der Waals surface area contributed by atoms with E-state index in [2.05, 4.69) is 27.7 Å². The highest BCUT2D eigenvalue weighted by molar-refractivity contribution is 5.67. The quantitative estimate of drug-likeness (QED) is 0.506. The van der Waals surface area contributed by atoms with Gasteiger partial charge >= 0.3 is 0 Å². The van der Waals surface area contributed by atoms with Crippen molar-refractivity contribution < 1.29 is 13.9 Å². The van der Waals surface area contributed by atoms with Crippen LogP contribution in [0.1, 0.15) is 57.7 Å². The summed E-state index contributed by atoms with van der Waals surface area (Å²) in [5, 5.41) is 9.12. The van der Waals surface area contributed by atoms with Gasteiger partial charge in [0.1, 0.15) is 23.5 Å². The van der Waals surface area contributed by atoms with Gasteiger partial charge in [0, 0.05) is 12.1 Å². The molecular formula is C26H28FN3O2. The molecule has 5 nitrogen and oxygen atoms in total. The van der Waals surface area contributed by atoms with Crippen LogP contribution in [0, 0.1) is 17.1 Å². The average molecular weight is 434 g/mol. The second-order valence-corrected chi connectivity index (χ2v) is 9.56. The van der Waals surface area contributed by atoms with Crippen molar-refractivity contribution in [3.63, 3.8) is 0 Å². The first kappa shape index (κ1) is 22.0. The van der Waals surface area contributed by atoms with E-state index in [-0.39, 0.29) is 22.7 Å².